The summed E-state index contributed by atoms with van der Waals surface area (Å²) in [5, 5.41) is 5.79. The van der Waals surface area contributed by atoms with Crippen LogP contribution in [-0.4, -0.2) is 82.3 Å². The van der Waals surface area contributed by atoms with Crippen LogP contribution in [0.15, 0.2) is 35.6 Å². The molecule has 1 aromatic heterocycles. The van der Waals surface area contributed by atoms with Crippen molar-refractivity contribution in [3.05, 3.63) is 46.9 Å². The zero-order chi connectivity index (χ0) is 34.2. The lowest BCUT2D eigenvalue weighted by Gasteiger charge is -2.28. The van der Waals surface area contributed by atoms with Crippen molar-refractivity contribution in [3.63, 3.8) is 0 Å². The number of hydrogen-bond acceptors (Lipinski definition) is 9. The average molecular weight is 683 g/mol. The minimum absolute atomic E-state index is 0.180. The van der Waals surface area contributed by atoms with Crippen molar-refractivity contribution in [1.82, 2.24) is 30.2 Å². The van der Waals surface area contributed by atoms with Crippen LogP contribution in [0.5, 0.6) is 5.75 Å². The van der Waals surface area contributed by atoms with Crippen LogP contribution in [0.25, 0.3) is 11.0 Å². The van der Waals surface area contributed by atoms with Gasteiger partial charge in [-0.15, -0.1) is 6.58 Å². The van der Waals surface area contributed by atoms with Crippen LogP contribution >= 0.6 is 11.9 Å². The van der Waals surface area contributed by atoms with E-state index < -0.39 is 24.1 Å². The molecule has 2 aromatic rings. The molecule has 3 fully saturated rings. The molecule has 1 saturated heterocycles. The minimum atomic E-state index is -0.796. The van der Waals surface area contributed by atoms with E-state index in [2.05, 4.69) is 31.9 Å². The second kappa shape index (κ2) is 16.4. The number of aryl methyl sites for hydroxylation is 1. The number of rotatable bonds is 17. The number of unbranched alkanes of at least 4 members (excludes halogenated alkanes) is 2. The summed E-state index contributed by atoms with van der Waals surface area (Å²) in [4.78, 5) is 72.7. The lowest BCUT2D eigenvalue weighted by atomic mass is 10.0. The van der Waals surface area contributed by atoms with E-state index in [1.165, 1.54) is 16.8 Å². The number of nitrogens with zero attached hydrogens (tertiary/aromatic N) is 2. The van der Waals surface area contributed by atoms with Crippen LogP contribution in [0.3, 0.4) is 0 Å². The van der Waals surface area contributed by atoms with Gasteiger partial charge in [-0.2, -0.15) is 0 Å². The molecular formula is C34H46N6O7S. The van der Waals surface area contributed by atoms with E-state index in [0.29, 0.717) is 48.0 Å². The van der Waals surface area contributed by atoms with Gasteiger partial charge in [-0.1, -0.05) is 25.8 Å². The second-order valence-electron chi connectivity index (χ2n) is 12.9. The first-order chi connectivity index (χ1) is 23.2. The molecule has 4 N–H and O–H groups in total. The highest BCUT2D eigenvalue weighted by atomic mass is 32.2. The Kier molecular flexibility index (Phi) is 12.0. The monoisotopic (exact) mass is 682 g/mol. The van der Waals surface area contributed by atoms with Gasteiger partial charge in [0.1, 0.15) is 36.2 Å². The first-order valence-electron chi connectivity index (χ1n) is 16.9. The Balaban J connectivity index is 0.977. The van der Waals surface area contributed by atoms with Gasteiger partial charge in [0.25, 0.3) is 11.5 Å². The van der Waals surface area contributed by atoms with Crippen molar-refractivity contribution in [1.29, 1.82) is 0 Å². The number of hydrogen-bond donors (Lipinski definition) is 4. The summed E-state index contributed by atoms with van der Waals surface area (Å²) in [5.74, 6) is -0.419. The van der Waals surface area contributed by atoms with E-state index in [1.807, 2.05) is 19.1 Å². The Morgan fingerprint density at radius 2 is 2.00 bits per heavy atom. The molecule has 2 heterocycles. The molecule has 3 unspecified atom stereocenters. The second-order valence-corrected chi connectivity index (χ2v) is 14.0. The van der Waals surface area contributed by atoms with Crippen molar-refractivity contribution >= 4 is 46.8 Å². The van der Waals surface area contributed by atoms with Gasteiger partial charge in [-0.25, -0.2) is 9.78 Å². The average Bonchev–Trinajstić information content (AvgIpc) is 4.00. The molecule has 2 aliphatic carbocycles. The van der Waals surface area contributed by atoms with Gasteiger partial charge in [0.2, 0.25) is 11.8 Å². The maximum absolute atomic E-state index is 13.2. The fourth-order valence-electron chi connectivity index (χ4n) is 5.92. The number of nitrogens with one attached hydrogen (secondary N) is 4. The number of methoxy groups -OCH3 is 1. The number of aromatic nitrogens is 2. The molecular weight excluding hydrogens is 636 g/mol. The van der Waals surface area contributed by atoms with Gasteiger partial charge >= 0.3 is 6.09 Å². The van der Waals surface area contributed by atoms with E-state index in [9.17, 15) is 24.0 Å². The molecule has 3 aliphatic rings. The fourth-order valence-corrected chi connectivity index (χ4v) is 6.70. The largest absolute Gasteiger partial charge is 0.497 e. The number of aromatic amines is 1. The van der Waals surface area contributed by atoms with Crippen molar-refractivity contribution in [3.8, 4) is 5.75 Å². The Hall–Kier alpha value is -4.07. The molecule has 2 saturated carbocycles. The topological polar surface area (TPSA) is 172 Å². The Morgan fingerprint density at radius 3 is 2.75 bits per heavy atom. The van der Waals surface area contributed by atoms with Gasteiger partial charge in [0.05, 0.1) is 18.1 Å². The number of likely N-dealkylation sites (tertiary alicyclic amines) is 1. The summed E-state index contributed by atoms with van der Waals surface area (Å²) in [6, 6.07) is 3.88. The number of ether oxygens (including phenoxy) is 2. The quantitative estimate of drug-likeness (QED) is 0.111. The third-order valence-corrected chi connectivity index (χ3v) is 10.3. The highest BCUT2D eigenvalue weighted by Gasteiger charge is 2.41. The van der Waals surface area contributed by atoms with Crippen LogP contribution in [0.4, 0.5) is 4.79 Å². The van der Waals surface area contributed by atoms with Crippen LogP contribution in [0, 0.1) is 11.8 Å². The number of amides is 4. The number of carbonyl (C=O) groups excluding carboxylic acids is 4. The highest BCUT2D eigenvalue weighted by molar-refractivity contribution is 7.98. The molecule has 260 valence electrons. The van der Waals surface area contributed by atoms with Crippen LogP contribution < -0.4 is 25.7 Å². The Bertz CT molecular complexity index is 1560. The third kappa shape index (κ3) is 9.51. The molecule has 1 aliphatic heterocycles. The van der Waals surface area contributed by atoms with Crippen LogP contribution in [0.2, 0.25) is 0 Å². The summed E-state index contributed by atoms with van der Waals surface area (Å²) in [6.45, 7) is 5.69. The molecule has 13 nitrogen and oxygen atoms in total. The van der Waals surface area contributed by atoms with E-state index >= 15 is 0 Å². The summed E-state index contributed by atoms with van der Waals surface area (Å²) >= 11 is 1.38. The molecule has 5 rings (SSSR count). The SMILES string of the molecule is C=C[C@H](C)C(NC(=O)C1CCCN1C(=O)CNC(=O)O[C@H]1CC1CCCCCc1nc2ccc(OC)cc2[nH]c1=O)C(=O)NSC1CC1. The van der Waals surface area contributed by atoms with Crippen molar-refractivity contribution in [2.45, 2.75) is 94.6 Å². The number of benzene rings is 1. The Morgan fingerprint density at radius 1 is 1.19 bits per heavy atom. The van der Waals surface area contributed by atoms with E-state index in [1.54, 1.807) is 19.3 Å². The first-order valence-corrected chi connectivity index (χ1v) is 17.7. The summed E-state index contributed by atoms with van der Waals surface area (Å²) < 4.78 is 13.5. The van der Waals surface area contributed by atoms with Gasteiger partial charge in [-0.3, -0.25) is 23.9 Å². The molecule has 4 amide bonds. The third-order valence-electron chi connectivity index (χ3n) is 9.16. The summed E-state index contributed by atoms with van der Waals surface area (Å²) in [7, 11) is 1.57. The molecule has 48 heavy (non-hydrogen) atoms. The van der Waals surface area contributed by atoms with Crippen molar-refractivity contribution < 1.29 is 28.7 Å². The number of carbonyl (C=O) groups is 4. The normalized spacial score (nSPS) is 21.2. The zero-order valence-electron chi connectivity index (χ0n) is 27.6. The lowest BCUT2D eigenvalue weighted by molar-refractivity contribution is -0.139. The van der Waals surface area contributed by atoms with Crippen LogP contribution in [0.1, 0.15) is 70.4 Å². The molecule has 0 radical (unpaired) electrons. The maximum Gasteiger partial charge on any atom is 0.407 e. The Labute approximate surface area is 284 Å². The molecule has 0 spiro atoms. The first kappa shape index (κ1) is 35.2. The minimum Gasteiger partial charge on any atom is -0.497 e. The fraction of sp³-hybridized carbons (Fsp3) is 0.588. The highest BCUT2D eigenvalue weighted by Crippen LogP contribution is 2.38. The van der Waals surface area contributed by atoms with Gasteiger partial charge < -0.3 is 30.0 Å². The van der Waals surface area contributed by atoms with Crippen LogP contribution in [-0.2, 0) is 25.5 Å². The number of alkyl carbamates (subject to hydrolysis) is 1. The predicted molar refractivity (Wildman–Crippen MR) is 182 cm³/mol. The summed E-state index contributed by atoms with van der Waals surface area (Å²) in [6.07, 6.45) is 9.01. The van der Waals surface area contributed by atoms with E-state index in [4.69, 9.17) is 9.47 Å². The van der Waals surface area contributed by atoms with Crippen molar-refractivity contribution in [2.24, 2.45) is 11.8 Å². The number of fused-ring (bicyclic) bond motifs is 1. The standard InChI is InChI=1S/C34H46N6O7S/c1-4-20(2)30(33(44)39-48-23-13-14-23)38-32(43)27-11-8-16-40(27)29(41)19-35-34(45)47-28-17-21(28)9-6-5-7-10-25-31(42)37-26-18-22(46-3)12-15-24(26)36-25/h4,12,15,18,20-21,23,27-28,30H,1,5-11,13-14,16-17,19H2,2-3H3,(H,35,45)(H,37,42)(H,38,43)(H,39,44)/t20-,21?,27?,28-,30?/m0/s1. The van der Waals surface area contributed by atoms with Gasteiger partial charge in [0.15, 0.2) is 0 Å². The zero-order valence-corrected chi connectivity index (χ0v) is 28.4. The van der Waals surface area contributed by atoms with Crippen molar-refractivity contribution in [2.75, 3.05) is 20.2 Å². The predicted octanol–water partition coefficient (Wildman–Crippen LogP) is 3.37. The summed E-state index contributed by atoms with van der Waals surface area (Å²) in [5.41, 5.74) is 1.70. The van der Waals surface area contributed by atoms with Gasteiger partial charge in [0, 0.05) is 23.8 Å². The molecule has 0 bridgehead atoms. The molecule has 1 aromatic carbocycles. The van der Waals surface area contributed by atoms with Gasteiger partial charge in [-0.05, 0) is 81.4 Å². The molecule has 5 atom stereocenters. The molecule has 14 heteroatoms. The number of H-pyrrole nitrogens is 1. The van der Waals surface area contributed by atoms with E-state index in [-0.39, 0.29) is 41.9 Å². The smallest absolute Gasteiger partial charge is 0.407 e. The lowest BCUT2D eigenvalue weighted by Crippen LogP contribution is -2.55. The maximum atomic E-state index is 13.2. The van der Waals surface area contributed by atoms with E-state index in [0.717, 1.165) is 50.5 Å².